The highest BCUT2D eigenvalue weighted by Crippen LogP contribution is 2.34. The first kappa shape index (κ1) is 20.4. The van der Waals surface area contributed by atoms with E-state index in [9.17, 15) is 13.2 Å². The Labute approximate surface area is 183 Å². The summed E-state index contributed by atoms with van der Waals surface area (Å²) in [7, 11) is -3.68. The standard InChI is InChI=1S/C22H19BrN2O4S/c23-16-8-11-21-19(14-16)20(12-13-29-21)24-22(26)15-6-9-17(10-7-15)25-30(27,28)18-4-2-1-3-5-18/h1-11,14,20,25H,12-13H2,(H,24,26). The van der Waals surface area contributed by atoms with Crippen LogP contribution in [0, 0.1) is 0 Å². The van der Waals surface area contributed by atoms with Gasteiger partial charge in [-0.05, 0) is 54.6 Å². The molecule has 30 heavy (non-hydrogen) atoms. The van der Waals surface area contributed by atoms with Gasteiger partial charge in [-0.25, -0.2) is 8.42 Å². The van der Waals surface area contributed by atoms with Crippen molar-refractivity contribution in [3.05, 3.63) is 88.4 Å². The highest BCUT2D eigenvalue weighted by Gasteiger charge is 2.24. The highest BCUT2D eigenvalue weighted by molar-refractivity contribution is 9.10. The number of ether oxygens (including phenoxy) is 1. The molecule has 0 fully saturated rings. The first-order chi connectivity index (χ1) is 14.4. The molecule has 2 N–H and O–H groups in total. The molecule has 1 atom stereocenters. The second-order valence-corrected chi connectivity index (χ2v) is 9.44. The maximum absolute atomic E-state index is 12.7. The van der Waals surface area contributed by atoms with Gasteiger partial charge in [0.15, 0.2) is 0 Å². The number of hydrogen-bond acceptors (Lipinski definition) is 4. The van der Waals surface area contributed by atoms with Gasteiger partial charge in [0, 0.05) is 27.7 Å². The average Bonchev–Trinajstić information content (AvgIpc) is 2.75. The third kappa shape index (κ3) is 4.49. The number of fused-ring (bicyclic) bond motifs is 1. The summed E-state index contributed by atoms with van der Waals surface area (Å²) in [6.07, 6.45) is 0.671. The number of benzene rings is 3. The molecule has 1 aliphatic heterocycles. The van der Waals surface area contributed by atoms with Crippen LogP contribution in [0.25, 0.3) is 0 Å². The molecule has 0 aromatic heterocycles. The Morgan fingerprint density at radius 3 is 2.47 bits per heavy atom. The van der Waals surface area contributed by atoms with Crippen LogP contribution in [0.15, 0.2) is 82.2 Å². The Morgan fingerprint density at radius 1 is 1.00 bits per heavy atom. The molecule has 3 aromatic carbocycles. The van der Waals surface area contributed by atoms with Crippen LogP contribution in [-0.2, 0) is 10.0 Å². The molecule has 0 saturated heterocycles. The Morgan fingerprint density at radius 2 is 1.73 bits per heavy atom. The molecule has 1 aliphatic rings. The van der Waals surface area contributed by atoms with E-state index in [1.165, 1.54) is 12.1 Å². The van der Waals surface area contributed by atoms with Crippen LogP contribution in [0.3, 0.4) is 0 Å². The number of nitrogens with one attached hydrogen (secondary N) is 2. The largest absolute Gasteiger partial charge is 0.493 e. The van der Waals surface area contributed by atoms with E-state index < -0.39 is 10.0 Å². The molecule has 0 saturated carbocycles. The smallest absolute Gasteiger partial charge is 0.261 e. The first-order valence-electron chi connectivity index (χ1n) is 9.33. The number of amides is 1. The Kier molecular flexibility index (Phi) is 5.78. The van der Waals surface area contributed by atoms with Crippen molar-refractivity contribution in [3.63, 3.8) is 0 Å². The Hall–Kier alpha value is -2.84. The number of sulfonamides is 1. The maximum atomic E-state index is 12.7. The van der Waals surface area contributed by atoms with Crippen molar-refractivity contribution in [1.82, 2.24) is 5.32 Å². The SMILES string of the molecule is O=C(NC1CCOc2ccc(Br)cc21)c1ccc(NS(=O)(=O)c2ccccc2)cc1. The van der Waals surface area contributed by atoms with Gasteiger partial charge in [-0.1, -0.05) is 34.1 Å². The Bertz CT molecular complexity index is 1170. The summed E-state index contributed by atoms with van der Waals surface area (Å²) in [6, 6.07) is 20.0. The van der Waals surface area contributed by atoms with Crippen LogP contribution < -0.4 is 14.8 Å². The van der Waals surface area contributed by atoms with Gasteiger partial charge in [0.05, 0.1) is 17.5 Å². The van der Waals surface area contributed by atoms with E-state index in [0.29, 0.717) is 24.3 Å². The van der Waals surface area contributed by atoms with Crippen molar-refractivity contribution in [2.45, 2.75) is 17.4 Å². The van der Waals surface area contributed by atoms with Gasteiger partial charge >= 0.3 is 0 Å². The van der Waals surface area contributed by atoms with Crippen molar-refractivity contribution in [2.24, 2.45) is 0 Å². The summed E-state index contributed by atoms with van der Waals surface area (Å²) in [6.45, 7) is 0.528. The van der Waals surface area contributed by atoms with Crippen molar-refractivity contribution in [1.29, 1.82) is 0 Å². The fraction of sp³-hybridized carbons (Fsp3) is 0.136. The topological polar surface area (TPSA) is 84.5 Å². The summed E-state index contributed by atoms with van der Waals surface area (Å²) < 4.78 is 33.9. The molecule has 6 nitrogen and oxygen atoms in total. The van der Waals surface area contributed by atoms with E-state index >= 15 is 0 Å². The van der Waals surface area contributed by atoms with Gasteiger partial charge in [-0.3, -0.25) is 9.52 Å². The number of rotatable bonds is 5. The molecule has 1 unspecified atom stereocenters. The summed E-state index contributed by atoms with van der Waals surface area (Å²) in [5.41, 5.74) is 1.76. The number of anilines is 1. The van der Waals surface area contributed by atoms with Crippen LogP contribution in [-0.4, -0.2) is 20.9 Å². The first-order valence-corrected chi connectivity index (χ1v) is 11.6. The molecule has 154 valence electrons. The minimum absolute atomic E-state index is 0.157. The second-order valence-electron chi connectivity index (χ2n) is 6.84. The molecule has 1 amide bonds. The van der Waals surface area contributed by atoms with Crippen LogP contribution in [0.5, 0.6) is 5.75 Å². The van der Waals surface area contributed by atoms with Crippen molar-refractivity contribution >= 4 is 37.5 Å². The molecule has 1 heterocycles. The second kappa shape index (κ2) is 8.49. The summed E-state index contributed by atoms with van der Waals surface area (Å²) in [5, 5.41) is 3.03. The van der Waals surface area contributed by atoms with Gasteiger partial charge in [-0.2, -0.15) is 0 Å². The Balaban J connectivity index is 1.46. The van der Waals surface area contributed by atoms with Gasteiger partial charge in [0.2, 0.25) is 0 Å². The lowest BCUT2D eigenvalue weighted by atomic mass is 10.00. The quantitative estimate of drug-likeness (QED) is 0.555. The van der Waals surface area contributed by atoms with E-state index in [1.54, 1.807) is 42.5 Å². The molecule has 4 rings (SSSR count). The molecule has 0 aliphatic carbocycles. The van der Waals surface area contributed by atoms with Crippen LogP contribution >= 0.6 is 15.9 Å². The molecule has 0 radical (unpaired) electrons. The average molecular weight is 487 g/mol. The molecule has 8 heteroatoms. The van der Waals surface area contributed by atoms with Crippen molar-refractivity contribution in [3.8, 4) is 5.75 Å². The zero-order valence-electron chi connectivity index (χ0n) is 15.8. The fourth-order valence-electron chi connectivity index (χ4n) is 3.26. The molecule has 0 bridgehead atoms. The third-order valence-corrected chi connectivity index (χ3v) is 6.66. The van der Waals surface area contributed by atoms with Crippen LogP contribution in [0.2, 0.25) is 0 Å². The minimum atomic E-state index is -3.68. The lowest BCUT2D eigenvalue weighted by Crippen LogP contribution is -2.32. The van der Waals surface area contributed by atoms with E-state index in [0.717, 1.165) is 15.8 Å². The van der Waals surface area contributed by atoms with E-state index in [1.807, 2.05) is 18.2 Å². The van der Waals surface area contributed by atoms with E-state index in [-0.39, 0.29) is 16.8 Å². The maximum Gasteiger partial charge on any atom is 0.261 e. The van der Waals surface area contributed by atoms with Gasteiger partial charge < -0.3 is 10.1 Å². The number of carbonyl (C=O) groups excluding carboxylic acids is 1. The third-order valence-electron chi connectivity index (χ3n) is 4.77. The van der Waals surface area contributed by atoms with Gasteiger partial charge in [0.1, 0.15) is 5.75 Å². The molecular weight excluding hydrogens is 468 g/mol. The molecule has 0 spiro atoms. The zero-order chi connectivity index (χ0) is 21.1. The number of hydrogen-bond donors (Lipinski definition) is 2. The predicted octanol–water partition coefficient (Wildman–Crippen LogP) is 4.50. The normalized spacial score (nSPS) is 15.6. The zero-order valence-corrected chi connectivity index (χ0v) is 18.2. The fourth-order valence-corrected chi connectivity index (χ4v) is 4.72. The number of carbonyl (C=O) groups is 1. The predicted molar refractivity (Wildman–Crippen MR) is 118 cm³/mol. The van der Waals surface area contributed by atoms with Crippen LogP contribution in [0.4, 0.5) is 5.69 Å². The van der Waals surface area contributed by atoms with E-state index in [4.69, 9.17) is 4.74 Å². The summed E-state index contributed by atoms with van der Waals surface area (Å²) in [5.74, 6) is 0.533. The minimum Gasteiger partial charge on any atom is -0.493 e. The summed E-state index contributed by atoms with van der Waals surface area (Å²) in [4.78, 5) is 12.9. The van der Waals surface area contributed by atoms with Gasteiger partial charge in [0.25, 0.3) is 15.9 Å². The van der Waals surface area contributed by atoms with Crippen molar-refractivity contribution in [2.75, 3.05) is 11.3 Å². The van der Waals surface area contributed by atoms with E-state index in [2.05, 4.69) is 26.0 Å². The van der Waals surface area contributed by atoms with Gasteiger partial charge in [-0.15, -0.1) is 0 Å². The van der Waals surface area contributed by atoms with Crippen molar-refractivity contribution < 1.29 is 17.9 Å². The lowest BCUT2D eigenvalue weighted by molar-refractivity contribution is 0.0925. The molecular formula is C22H19BrN2O4S. The molecule has 3 aromatic rings. The van der Waals surface area contributed by atoms with Crippen LogP contribution in [0.1, 0.15) is 28.4 Å². The summed E-state index contributed by atoms with van der Waals surface area (Å²) >= 11 is 3.45. The lowest BCUT2D eigenvalue weighted by Gasteiger charge is -2.27. The highest BCUT2D eigenvalue weighted by atomic mass is 79.9. The monoisotopic (exact) mass is 486 g/mol. The number of halogens is 1.